The van der Waals surface area contributed by atoms with E-state index in [-0.39, 0.29) is 49.0 Å². The molecule has 0 saturated carbocycles. The van der Waals surface area contributed by atoms with Gasteiger partial charge in [0, 0.05) is 31.9 Å². The summed E-state index contributed by atoms with van der Waals surface area (Å²) in [6.45, 7) is 7.26. The van der Waals surface area contributed by atoms with Gasteiger partial charge in [0.05, 0.1) is 18.3 Å². The summed E-state index contributed by atoms with van der Waals surface area (Å²) in [5.74, 6) is -0.0767. The smallest absolute Gasteiger partial charge is 0.253 e. The number of nitrogens with one attached hydrogen (secondary N) is 1. The quantitative estimate of drug-likeness (QED) is 0.766. The molecule has 154 valence electrons. The van der Waals surface area contributed by atoms with Gasteiger partial charge in [0.15, 0.2) is 0 Å². The largest absolute Gasteiger partial charge is 0.373 e. The van der Waals surface area contributed by atoms with Crippen molar-refractivity contribution >= 4 is 36.4 Å². The Morgan fingerprint density at radius 3 is 2.44 bits per heavy atom. The third-order valence-corrected chi connectivity index (χ3v) is 4.83. The molecule has 1 aromatic rings. The van der Waals surface area contributed by atoms with Crippen LogP contribution in [0.15, 0.2) is 24.3 Å². The van der Waals surface area contributed by atoms with Crippen molar-refractivity contribution in [1.82, 2.24) is 4.90 Å². The number of hydrogen-bond acceptors (Lipinski definition) is 5. The molecule has 1 aromatic carbocycles. The third-order valence-electron chi connectivity index (χ3n) is 4.83. The van der Waals surface area contributed by atoms with Crippen molar-refractivity contribution in [3.63, 3.8) is 0 Å². The zero-order valence-corrected chi connectivity index (χ0v) is 17.6. The second kappa shape index (κ2) is 11.2. The molecule has 0 aromatic heterocycles. The van der Waals surface area contributed by atoms with Gasteiger partial charge in [0.25, 0.3) is 5.91 Å². The number of nitrogens with zero attached hydrogens (tertiary/aromatic N) is 1. The Hall–Kier alpha value is -0.890. The minimum atomic E-state index is -0.398. The van der Waals surface area contributed by atoms with E-state index in [9.17, 15) is 4.79 Å². The molecule has 2 fully saturated rings. The van der Waals surface area contributed by atoms with Gasteiger partial charge in [-0.1, -0.05) is 18.2 Å². The summed E-state index contributed by atoms with van der Waals surface area (Å²) in [7, 11) is 0. The number of para-hydroxylation sites is 1. The number of nitrogens with two attached hydrogens (primary N) is 1. The van der Waals surface area contributed by atoms with Crippen molar-refractivity contribution in [2.24, 2.45) is 5.73 Å². The molecule has 27 heavy (non-hydrogen) atoms. The second-order valence-corrected chi connectivity index (χ2v) is 7.16. The van der Waals surface area contributed by atoms with E-state index in [4.69, 9.17) is 15.2 Å². The van der Waals surface area contributed by atoms with Crippen molar-refractivity contribution in [1.29, 1.82) is 0 Å². The van der Waals surface area contributed by atoms with Crippen molar-refractivity contribution in [3.05, 3.63) is 29.8 Å². The number of ether oxygens (including phenoxy) is 2. The number of rotatable bonds is 5. The van der Waals surface area contributed by atoms with Crippen LogP contribution in [0.25, 0.3) is 0 Å². The highest BCUT2D eigenvalue weighted by Crippen LogP contribution is 2.23. The molecule has 2 aliphatic rings. The number of anilines is 1. The molecule has 2 heterocycles. The lowest BCUT2D eigenvalue weighted by Crippen LogP contribution is -2.44. The minimum Gasteiger partial charge on any atom is -0.373 e. The van der Waals surface area contributed by atoms with Gasteiger partial charge in [-0.25, -0.2) is 0 Å². The van der Waals surface area contributed by atoms with Gasteiger partial charge in [-0.2, -0.15) is 0 Å². The third kappa shape index (κ3) is 6.59. The van der Waals surface area contributed by atoms with E-state index in [1.807, 2.05) is 18.2 Å². The molecule has 3 N–H and O–H groups in total. The van der Waals surface area contributed by atoms with Crippen molar-refractivity contribution in [2.45, 2.75) is 57.6 Å². The number of halogens is 2. The predicted molar refractivity (Wildman–Crippen MR) is 112 cm³/mol. The zero-order chi connectivity index (χ0) is 17.8. The Morgan fingerprint density at radius 2 is 1.81 bits per heavy atom. The van der Waals surface area contributed by atoms with Crippen LogP contribution in [0.3, 0.4) is 0 Å². The van der Waals surface area contributed by atoms with E-state index in [2.05, 4.69) is 30.1 Å². The van der Waals surface area contributed by atoms with E-state index in [1.165, 1.54) is 0 Å². The normalized spacial score (nSPS) is 28.1. The molecule has 0 spiro atoms. The highest BCUT2D eigenvalue weighted by molar-refractivity contribution is 5.95. The number of carbonyl (C=O) groups excluding carboxylic acids is 1. The summed E-state index contributed by atoms with van der Waals surface area (Å²) in [6, 6.07) is 7.98. The van der Waals surface area contributed by atoms with E-state index >= 15 is 0 Å². The molecule has 0 bridgehead atoms. The average Bonchev–Trinajstić information content (AvgIpc) is 3.05. The maximum atomic E-state index is 12.5. The van der Waals surface area contributed by atoms with Crippen LogP contribution in [0.1, 0.15) is 32.3 Å². The monoisotopic (exact) mass is 419 g/mol. The first kappa shape index (κ1) is 24.1. The van der Waals surface area contributed by atoms with Crippen LogP contribution < -0.4 is 11.1 Å². The van der Waals surface area contributed by atoms with Crippen molar-refractivity contribution in [3.8, 4) is 0 Å². The van der Waals surface area contributed by atoms with Crippen LogP contribution >= 0.6 is 24.8 Å². The fourth-order valence-electron chi connectivity index (χ4n) is 3.72. The Bertz CT molecular complexity index is 595. The second-order valence-electron chi connectivity index (χ2n) is 7.16. The fourth-order valence-corrected chi connectivity index (χ4v) is 3.72. The molecule has 6 nitrogen and oxygen atoms in total. The number of hydrogen-bond donors (Lipinski definition) is 2. The van der Waals surface area contributed by atoms with Gasteiger partial charge in [0.1, 0.15) is 6.10 Å². The summed E-state index contributed by atoms with van der Waals surface area (Å²) in [4.78, 5) is 14.9. The summed E-state index contributed by atoms with van der Waals surface area (Å²) in [6.07, 6.45) is 1.64. The molecule has 2 aliphatic heterocycles. The fraction of sp³-hybridized carbons (Fsp3) is 0.632. The number of morpholine rings is 1. The predicted octanol–water partition coefficient (Wildman–Crippen LogP) is 2.58. The molecule has 3 rings (SSSR count). The number of benzene rings is 1. The van der Waals surface area contributed by atoms with Crippen LogP contribution in [-0.2, 0) is 20.8 Å². The van der Waals surface area contributed by atoms with Gasteiger partial charge in [0.2, 0.25) is 0 Å². The molecule has 8 heteroatoms. The standard InChI is InChI=1S/C19H29N3O3.2ClH/c1-13-10-22(11-14(2)24-13)12-15-5-3-4-6-17(15)21-19(23)18-8-7-16(9-20)25-18;;/h3-6,13-14,16,18H,7-12,20H2,1-2H3,(H,21,23);2*1H/t13?,14?,16-,18+;;/m1../s1. The average molecular weight is 420 g/mol. The Balaban J connectivity index is 0.00000182. The Labute approximate surface area is 174 Å². The van der Waals surface area contributed by atoms with Crippen LogP contribution in [0, 0.1) is 0 Å². The molecule has 0 aliphatic carbocycles. The SMILES string of the molecule is CC1CN(Cc2ccccc2NC(=O)[C@@H]2CC[C@H](CN)O2)CC(C)O1.Cl.Cl. The lowest BCUT2D eigenvalue weighted by molar-refractivity contribution is -0.126. The zero-order valence-electron chi connectivity index (χ0n) is 15.9. The molecule has 2 saturated heterocycles. The summed E-state index contributed by atoms with van der Waals surface area (Å²) < 4.78 is 11.5. The molecular weight excluding hydrogens is 389 g/mol. The minimum absolute atomic E-state index is 0. The molecule has 4 atom stereocenters. The van der Waals surface area contributed by atoms with Gasteiger partial charge >= 0.3 is 0 Å². The van der Waals surface area contributed by atoms with Gasteiger partial charge in [-0.15, -0.1) is 24.8 Å². The first-order valence-corrected chi connectivity index (χ1v) is 9.17. The maximum Gasteiger partial charge on any atom is 0.253 e. The van der Waals surface area contributed by atoms with Gasteiger partial charge in [-0.3, -0.25) is 9.69 Å². The van der Waals surface area contributed by atoms with Crippen LogP contribution in [-0.4, -0.2) is 54.9 Å². The van der Waals surface area contributed by atoms with Crippen LogP contribution in [0.5, 0.6) is 0 Å². The molecule has 0 radical (unpaired) electrons. The molecule has 2 unspecified atom stereocenters. The maximum absolute atomic E-state index is 12.5. The Kier molecular flexibility index (Phi) is 10.0. The summed E-state index contributed by atoms with van der Waals surface area (Å²) in [5.41, 5.74) is 7.60. The Morgan fingerprint density at radius 1 is 1.15 bits per heavy atom. The highest BCUT2D eigenvalue weighted by Gasteiger charge is 2.30. The van der Waals surface area contributed by atoms with E-state index in [1.54, 1.807) is 0 Å². The summed E-state index contributed by atoms with van der Waals surface area (Å²) in [5, 5.41) is 3.05. The van der Waals surface area contributed by atoms with Crippen LogP contribution in [0.4, 0.5) is 5.69 Å². The van der Waals surface area contributed by atoms with Gasteiger partial charge < -0.3 is 20.5 Å². The first-order valence-electron chi connectivity index (χ1n) is 9.17. The van der Waals surface area contributed by atoms with E-state index in [0.29, 0.717) is 6.54 Å². The number of amides is 1. The first-order chi connectivity index (χ1) is 12.0. The lowest BCUT2D eigenvalue weighted by atomic mass is 10.1. The van der Waals surface area contributed by atoms with Crippen LogP contribution in [0.2, 0.25) is 0 Å². The van der Waals surface area contributed by atoms with E-state index < -0.39 is 6.10 Å². The molecule has 1 amide bonds. The summed E-state index contributed by atoms with van der Waals surface area (Å²) >= 11 is 0. The lowest BCUT2D eigenvalue weighted by Gasteiger charge is -2.35. The van der Waals surface area contributed by atoms with Gasteiger partial charge in [-0.05, 0) is 38.3 Å². The van der Waals surface area contributed by atoms with Crippen molar-refractivity contribution in [2.75, 3.05) is 25.0 Å². The van der Waals surface area contributed by atoms with E-state index in [0.717, 1.165) is 43.7 Å². The number of carbonyl (C=O) groups is 1. The van der Waals surface area contributed by atoms with Crippen molar-refractivity contribution < 1.29 is 14.3 Å². The highest BCUT2D eigenvalue weighted by atomic mass is 35.5. The topological polar surface area (TPSA) is 76.8 Å². The molecular formula is C19H31Cl2N3O3.